The molecule has 0 radical (unpaired) electrons. The van der Waals surface area contributed by atoms with Gasteiger partial charge in [0.05, 0.1) is 23.9 Å². The molecule has 7 heteroatoms. The lowest BCUT2D eigenvalue weighted by Crippen LogP contribution is -2.06. The summed E-state index contributed by atoms with van der Waals surface area (Å²) in [6, 6.07) is 12.5. The van der Waals surface area contributed by atoms with Crippen molar-refractivity contribution in [3.8, 4) is 11.1 Å². The Balaban J connectivity index is 2.68. The van der Waals surface area contributed by atoms with E-state index in [1.165, 1.54) is 25.1 Å². The average Bonchev–Trinajstić information content (AvgIpc) is 2.60. The molecule has 0 amide bonds. The second-order valence-electron chi connectivity index (χ2n) is 5.39. The first-order valence-corrected chi connectivity index (χ1v) is 8.19. The summed E-state index contributed by atoms with van der Waals surface area (Å²) in [5.41, 5.74) is 1.83. The first-order valence-electron chi connectivity index (χ1n) is 7.42. The van der Waals surface area contributed by atoms with Crippen LogP contribution in [0.5, 0.6) is 0 Å². The molecule has 0 aliphatic carbocycles. The lowest BCUT2D eigenvalue weighted by Gasteiger charge is -2.12. The molecule has 0 unspecified atom stereocenters. The van der Waals surface area contributed by atoms with Crippen LogP contribution >= 0.6 is 11.9 Å². The summed E-state index contributed by atoms with van der Waals surface area (Å²) >= 11 is 1.17. The molecule has 6 nitrogen and oxygen atoms in total. The molecule has 0 spiro atoms. The van der Waals surface area contributed by atoms with Gasteiger partial charge in [-0.25, -0.2) is 4.40 Å². The topological polar surface area (TPSA) is 68.0 Å². The molecular formula is C18H19N3O3S. The molecular weight excluding hydrogens is 338 g/mol. The van der Waals surface area contributed by atoms with Crippen molar-refractivity contribution in [2.75, 3.05) is 21.2 Å². The molecule has 0 fully saturated rings. The van der Waals surface area contributed by atoms with Gasteiger partial charge < -0.3 is 9.64 Å². The van der Waals surface area contributed by atoms with Gasteiger partial charge in [-0.1, -0.05) is 36.9 Å². The van der Waals surface area contributed by atoms with E-state index in [9.17, 15) is 10.1 Å². The lowest BCUT2D eigenvalue weighted by atomic mass is 10.0. The van der Waals surface area contributed by atoms with E-state index in [4.69, 9.17) is 4.74 Å². The molecule has 0 N–H and O–H groups in total. The van der Waals surface area contributed by atoms with Crippen molar-refractivity contribution in [2.24, 2.45) is 4.40 Å². The maximum Gasteiger partial charge on any atom is 0.279 e. The van der Waals surface area contributed by atoms with Gasteiger partial charge in [0, 0.05) is 42.6 Å². The van der Waals surface area contributed by atoms with Crippen LogP contribution in [0.2, 0.25) is 0 Å². The molecule has 25 heavy (non-hydrogen) atoms. The molecule has 0 heterocycles. The zero-order chi connectivity index (χ0) is 18.4. The molecule has 0 aliphatic heterocycles. The lowest BCUT2D eigenvalue weighted by molar-refractivity contribution is -0.384. The first kappa shape index (κ1) is 18.5. The van der Waals surface area contributed by atoms with Gasteiger partial charge in [-0.15, -0.1) is 0 Å². The van der Waals surface area contributed by atoms with Gasteiger partial charge in [0.1, 0.15) is 5.76 Å². The molecule has 0 saturated heterocycles. The minimum atomic E-state index is -0.394. The number of benzene rings is 2. The quantitative estimate of drug-likeness (QED) is 0.183. The van der Waals surface area contributed by atoms with Gasteiger partial charge in [-0.3, -0.25) is 10.1 Å². The highest BCUT2D eigenvalue weighted by atomic mass is 32.2. The van der Waals surface area contributed by atoms with Crippen LogP contribution < -0.4 is 0 Å². The summed E-state index contributed by atoms with van der Waals surface area (Å²) in [5, 5.41) is 11.7. The number of rotatable bonds is 7. The third-order valence-corrected chi connectivity index (χ3v) is 4.06. The predicted octanol–water partition coefficient (Wildman–Crippen LogP) is 4.48. The van der Waals surface area contributed by atoms with Crippen molar-refractivity contribution in [2.45, 2.75) is 4.90 Å². The summed E-state index contributed by atoms with van der Waals surface area (Å²) in [6.45, 7) is 3.80. The SMILES string of the molecule is C=C(OC)c1cc(S/N=C/N(C)C)c(-c2ccccc2)c([N+](=O)[O-])c1. The molecule has 2 rings (SSSR count). The molecule has 0 bridgehead atoms. The minimum Gasteiger partial charge on any atom is -0.497 e. The Kier molecular flexibility index (Phi) is 6.19. The molecule has 0 aliphatic rings. The number of nitro benzene ring substituents is 1. The van der Waals surface area contributed by atoms with Crippen LogP contribution in [0.1, 0.15) is 5.56 Å². The number of methoxy groups -OCH3 is 1. The Morgan fingerprint density at radius 3 is 2.56 bits per heavy atom. The fraction of sp³-hybridized carbons (Fsp3) is 0.167. The zero-order valence-electron chi connectivity index (χ0n) is 14.3. The van der Waals surface area contributed by atoms with Gasteiger partial charge in [0.15, 0.2) is 0 Å². The van der Waals surface area contributed by atoms with Crippen LogP contribution in [0.3, 0.4) is 0 Å². The number of hydrogen-bond donors (Lipinski definition) is 0. The van der Waals surface area contributed by atoms with Crippen molar-refractivity contribution in [3.63, 3.8) is 0 Å². The van der Waals surface area contributed by atoms with Crippen molar-refractivity contribution in [1.82, 2.24) is 4.90 Å². The van der Waals surface area contributed by atoms with E-state index >= 15 is 0 Å². The molecule has 2 aromatic rings. The second-order valence-corrected chi connectivity index (χ2v) is 6.23. The van der Waals surface area contributed by atoms with Crippen molar-refractivity contribution in [1.29, 1.82) is 0 Å². The first-order chi connectivity index (χ1) is 11.9. The zero-order valence-corrected chi connectivity index (χ0v) is 15.1. The number of nitro groups is 1. The van der Waals surface area contributed by atoms with Crippen LogP contribution in [-0.4, -0.2) is 37.4 Å². The Morgan fingerprint density at radius 2 is 2.00 bits per heavy atom. The molecule has 130 valence electrons. The highest BCUT2D eigenvalue weighted by Crippen LogP contribution is 2.41. The van der Waals surface area contributed by atoms with E-state index in [1.807, 2.05) is 44.4 Å². The predicted molar refractivity (Wildman–Crippen MR) is 103 cm³/mol. The largest absolute Gasteiger partial charge is 0.497 e. The minimum absolute atomic E-state index is 0.00977. The fourth-order valence-corrected chi connectivity index (χ4v) is 3.01. The fourth-order valence-electron chi connectivity index (χ4n) is 2.17. The highest BCUT2D eigenvalue weighted by Gasteiger charge is 2.22. The molecule has 0 atom stereocenters. The van der Waals surface area contributed by atoms with E-state index in [0.29, 0.717) is 21.8 Å². The number of hydrogen-bond acceptors (Lipinski definition) is 5. The van der Waals surface area contributed by atoms with Crippen LogP contribution in [0.15, 0.2) is 58.3 Å². The molecule has 0 saturated carbocycles. The monoisotopic (exact) mass is 357 g/mol. The third kappa shape index (κ3) is 4.60. The smallest absolute Gasteiger partial charge is 0.279 e. The summed E-state index contributed by atoms with van der Waals surface area (Å²) in [4.78, 5) is 13.7. The standard InChI is InChI=1S/C18H19N3O3S/c1-13(24-4)15-10-16(21(22)23)18(14-8-6-5-7-9-14)17(11-15)25-19-12-20(2)3/h5-12H,1H2,2-4H3/b19-12+. The van der Waals surface area contributed by atoms with Crippen LogP contribution in [-0.2, 0) is 4.74 Å². The van der Waals surface area contributed by atoms with Gasteiger partial charge in [0.25, 0.3) is 5.69 Å². The Bertz CT molecular complexity index is 805. The normalized spacial score (nSPS) is 10.7. The van der Waals surface area contributed by atoms with E-state index in [-0.39, 0.29) is 5.69 Å². The Hall–Kier alpha value is -2.80. The summed E-state index contributed by atoms with van der Waals surface area (Å²) in [5.74, 6) is 0.362. The summed E-state index contributed by atoms with van der Waals surface area (Å²) in [7, 11) is 5.19. The Labute approximate surface area is 151 Å². The molecule has 0 aromatic heterocycles. The van der Waals surface area contributed by atoms with Gasteiger partial charge in [0.2, 0.25) is 0 Å². The van der Waals surface area contributed by atoms with Crippen molar-refractivity contribution in [3.05, 3.63) is 64.7 Å². The molecule has 2 aromatic carbocycles. The average molecular weight is 357 g/mol. The van der Waals surface area contributed by atoms with Gasteiger partial charge >= 0.3 is 0 Å². The maximum atomic E-state index is 11.7. The van der Waals surface area contributed by atoms with Crippen LogP contribution in [0.4, 0.5) is 5.69 Å². The van der Waals surface area contributed by atoms with Crippen molar-refractivity contribution >= 4 is 29.7 Å². The van der Waals surface area contributed by atoms with Gasteiger partial charge in [-0.05, 0) is 11.6 Å². The van der Waals surface area contributed by atoms with E-state index in [0.717, 1.165) is 5.56 Å². The van der Waals surface area contributed by atoms with E-state index < -0.39 is 4.92 Å². The summed E-state index contributed by atoms with van der Waals surface area (Å²) < 4.78 is 9.42. The highest BCUT2D eigenvalue weighted by molar-refractivity contribution is 7.98. The van der Waals surface area contributed by atoms with Crippen LogP contribution in [0, 0.1) is 10.1 Å². The second kappa shape index (κ2) is 8.34. The maximum absolute atomic E-state index is 11.7. The Morgan fingerprint density at radius 1 is 1.32 bits per heavy atom. The van der Waals surface area contributed by atoms with E-state index in [1.54, 1.807) is 17.3 Å². The number of ether oxygens (including phenoxy) is 1. The van der Waals surface area contributed by atoms with Gasteiger partial charge in [-0.2, -0.15) is 0 Å². The van der Waals surface area contributed by atoms with E-state index in [2.05, 4.69) is 11.0 Å². The number of nitrogens with zero attached hydrogens (tertiary/aromatic N) is 3. The van der Waals surface area contributed by atoms with Crippen molar-refractivity contribution < 1.29 is 9.66 Å². The van der Waals surface area contributed by atoms with Crippen LogP contribution in [0.25, 0.3) is 16.9 Å². The summed E-state index contributed by atoms with van der Waals surface area (Å²) in [6.07, 6.45) is 1.64. The third-order valence-electron chi connectivity index (χ3n) is 3.34.